The van der Waals surface area contributed by atoms with Crippen LogP contribution in [0.2, 0.25) is 0 Å². The van der Waals surface area contributed by atoms with Gasteiger partial charge in [-0.25, -0.2) is 4.79 Å². The number of carbonyl (C=O) groups excluding carboxylic acids is 1. The number of ether oxygens (including phenoxy) is 1. The van der Waals surface area contributed by atoms with Gasteiger partial charge in [-0.05, 0) is 24.5 Å². The van der Waals surface area contributed by atoms with Crippen LogP contribution >= 0.6 is 0 Å². The maximum atomic E-state index is 12.1. The lowest BCUT2D eigenvalue weighted by Crippen LogP contribution is -2.29. The highest BCUT2D eigenvalue weighted by molar-refractivity contribution is 5.68. The monoisotopic (exact) mass is 332 g/mol. The molecule has 0 spiro atoms. The van der Waals surface area contributed by atoms with Crippen LogP contribution in [-0.4, -0.2) is 44.5 Å². The van der Waals surface area contributed by atoms with Crippen LogP contribution in [0.1, 0.15) is 26.0 Å². The molecule has 7 heteroatoms. The molecule has 0 unspecified atom stereocenters. The Bertz CT molecular complexity index is 680. The van der Waals surface area contributed by atoms with Gasteiger partial charge in [0.1, 0.15) is 12.4 Å². The average molecular weight is 332 g/mol. The van der Waals surface area contributed by atoms with Crippen LogP contribution in [0.25, 0.3) is 11.3 Å². The first-order valence-corrected chi connectivity index (χ1v) is 7.92. The normalized spacial score (nSPS) is 10.9. The molecule has 0 aromatic carbocycles. The lowest BCUT2D eigenvalue weighted by Gasteiger charge is -2.18. The molecule has 1 amide bonds. The summed E-state index contributed by atoms with van der Waals surface area (Å²) in [5.74, 6) is 0.631. The van der Waals surface area contributed by atoms with E-state index in [0.717, 1.165) is 17.7 Å². The fourth-order valence-electron chi connectivity index (χ4n) is 2.18. The summed E-state index contributed by atoms with van der Waals surface area (Å²) in [6.07, 6.45) is 3.62. The molecule has 2 heterocycles. The standard InChI is InChI=1S/C17H24N4O3/c1-12(2)7-8-20(3)17(23)24-11-16-14(10-19-21(16)4)15-6-5-13(22)9-18-15/h5-6,9-10,12,22H,7-8,11H2,1-4H3. The summed E-state index contributed by atoms with van der Waals surface area (Å²) in [6, 6.07) is 3.26. The summed E-state index contributed by atoms with van der Waals surface area (Å²) in [6.45, 7) is 5.00. The number of hydrogen-bond acceptors (Lipinski definition) is 5. The first-order chi connectivity index (χ1) is 11.4. The molecule has 0 aliphatic rings. The molecular formula is C17H24N4O3. The molecule has 0 saturated heterocycles. The molecule has 7 nitrogen and oxygen atoms in total. The van der Waals surface area contributed by atoms with Crippen molar-refractivity contribution < 1.29 is 14.6 Å². The summed E-state index contributed by atoms with van der Waals surface area (Å²) < 4.78 is 7.05. The molecule has 0 fully saturated rings. The lowest BCUT2D eigenvalue weighted by molar-refractivity contribution is 0.101. The topological polar surface area (TPSA) is 80.5 Å². The third-order valence-electron chi connectivity index (χ3n) is 3.77. The molecule has 2 aromatic heterocycles. The molecule has 2 rings (SSSR count). The molecule has 0 aliphatic heterocycles. The van der Waals surface area contributed by atoms with Gasteiger partial charge in [-0.1, -0.05) is 13.8 Å². The van der Waals surface area contributed by atoms with E-state index in [4.69, 9.17) is 4.74 Å². The van der Waals surface area contributed by atoms with E-state index < -0.39 is 0 Å². The minimum atomic E-state index is -0.360. The van der Waals surface area contributed by atoms with Gasteiger partial charge in [-0.2, -0.15) is 5.10 Å². The minimum Gasteiger partial charge on any atom is -0.506 e. The van der Waals surface area contributed by atoms with Gasteiger partial charge in [0.25, 0.3) is 0 Å². The number of rotatable bonds is 6. The Morgan fingerprint density at radius 1 is 1.38 bits per heavy atom. The zero-order valence-electron chi connectivity index (χ0n) is 14.6. The van der Waals surface area contributed by atoms with Crippen LogP contribution in [0.5, 0.6) is 5.75 Å². The Morgan fingerprint density at radius 2 is 2.12 bits per heavy atom. The van der Waals surface area contributed by atoms with Crippen molar-refractivity contribution >= 4 is 6.09 Å². The lowest BCUT2D eigenvalue weighted by atomic mass is 10.1. The zero-order chi connectivity index (χ0) is 17.7. The number of amides is 1. The summed E-state index contributed by atoms with van der Waals surface area (Å²) in [4.78, 5) is 17.8. The minimum absolute atomic E-state index is 0.0994. The molecule has 0 atom stereocenters. The van der Waals surface area contributed by atoms with Gasteiger partial charge in [0.05, 0.1) is 23.8 Å². The van der Waals surface area contributed by atoms with Crippen LogP contribution in [-0.2, 0) is 18.4 Å². The van der Waals surface area contributed by atoms with Crippen molar-refractivity contribution in [3.05, 3.63) is 30.2 Å². The molecule has 0 bridgehead atoms. The Morgan fingerprint density at radius 3 is 2.75 bits per heavy atom. The van der Waals surface area contributed by atoms with E-state index in [1.165, 1.54) is 6.20 Å². The molecule has 0 radical (unpaired) electrons. The van der Waals surface area contributed by atoms with Crippen molar-refractivity contribution in [2.24, 2.45) is 13.0 Å². The van der Waals surface area contributed by atoms with Gasteiger partial charge < -0.3 is 14.7 Å². The van der Waals surface area contributed by atoms with E-state index in [9.17, 15) is 9.90 Å². The third kappa shape index (κ3) is 4.47. The fourth-order valence-corrected chi connectivity index (χ4v) is 2.18. The SMILES string of the molecule is CC(C)CCN(C)C(=O)OCc1c(-c2ccc(O)cn2)cnn1C. The van der Waals surface area contributed by atoms with Crippen molar-refractivity contribution in [1.29, 1.82) is 0 Å². The average Bonchev–Trinajstić information content (AvgIpc) is 2.91. The van der Waals surface area contributed by atoms with E-state index in [1.54, 1.807) is 42.0 Å². The van der Waals surface area contributed by atoms with Gasteiger partial charge in [0.2, 0.25) is 0 Å². The zero-order valence-corrected chi connectivity index (χ0v) is 14.6. The highest BCUT2D eigenvalue weighted by Gasteiger charge is 2.16. The second-order valence-corrected chi connectivity index (χ2v) is 6.19. The van der Waals surface area contributed by atoms with Gasteiger partial charge >= 0.3 is 6.09 Å². The Hall–Kier alpha value is -2.57. The fraction of sp³-hybridized carbons (Fsp3) is 0.471. The number of aryl methyl sites for hydroxylation is 1. The predicted octanol–water partition coefficient (Wildman–Crippen LogP) is 2.80. The third-order valence-corrected chi connectivity index (χ3v) is 3.77. The summed E-state index contributed by atoms with van der Waals surface area (Å²) in [5.41, 5.74) is 2.19. The maximum Gasteiger partial charge on any atom is 0.409 e. The molecule has 0 saturated carbocycles. The smallest absolute Gasteiger partial charge is 0.409 e. The van der Waals surface area contributed by atoms with Crippen molar-refractivity contribution in [1.82, 2.24) is 19.7 Å². The molecule has 2 aromatic rings. The molecule has 130 valence electrons. The molecule has 0 aliphatic carbocycles. The highest BCUT2D eigenvalue weighted by Crippen LogP contribution is 2.23. The Balaban J connectivity index is 2.04. The number of aromatic hydroxyl groups is 1. The van der Waals surface area contributed by atoms with E-state index in [2.05, 4.69) is 23.9 Å². The van der Waals surface area contributed by atoms with Gasteiger partial charge in [-0.15, -0.1) is 0 Å². The van der Waals surface area contributed by atoms with Crippen LogP contribution in [0, 0.1) is 5.92 Å². The molecular weight excluding hydrogens is 308 g/mol. The molecule has 24 heavy (non-hydrogen) atoms. The van der Waals surface area contributed by atoms with Crippen molar-refractivity contribution in [3.63, 3.8) is 0 Å². The molecule has 1 N–H and O–H groups in total. The summed E-state index contributed by atoms with van der Waals surface area (Å²) in [7, 11) is 3.52. The number of carbonyl (C=O) groups is 1. The Labute approximate surface area is 141 Å². The summed E-state index contributed by atoms with van der Waals surface area (Å²) >= 11 is 0. The first kappa shape index (κ1) is 17.8. The van der Waals surface area contributed by atoms with E-state index in [-0.39, 0.29) is 18.4 Å². The summed E-state index contributed by atoms with van der Waals surface area (Å²) in [5, 5.41) is 13.6. The van der Waals surface area contributed by atoms with E-state index >= 15 is 0 Å². The number of hydrogen-bond donors (Lipinski definition) is 1. The quantitative estimate of drug-likeness (QED) is 0.880. The number of nitrogens with zero attached hydrogens (tertiary/aromatic N) is 4. The van der Waals surface area contributed by atoms with Crippen LogP contribution in [0.4, 0.5) is 4.79 Å². The number of pyridine rings is 1. The van der Waals surface area contributed by atoms with Crippen molar-refractivity contribution in [2.45, 2.75) is 26.9 Å². The van der Waals surface area contributed by atoms with Gasteiger partial charge in [0, 0.05) is 26.2 Å². The largest absolute Gasteiger partial charge is 0.506 e. The predicted molar refractivity (Wildman–Crippen MR) is 90.4 cm³/mol. The van der Waals surface area contributed by atoms with Crippen molar-refractivity contribution in [2.75, 3.05) is 13.6 Å². The highest BCUT2D eigenvalue weighted by atomic mass is 16.6. The van der Waals surface area contributed by atoms with E-state index in [0.29, 0.717) is 18.2 Å². The van der Waals surface area contributed by atoms with Crippen LogP contribution in [0.3, 0.4) is 0 Å². The second kappa shape index (κ2) is 7.81. The van der Waals surface area contributed by atoms with Gasteiger partial charge in [0.15, 0.2) is 0 Å². The maximum absolute atomic E-state index is 12.1. The Kier molecular flexibility index (Phi) is 5.78. The second-order valence-electron chi connectivity index (χ2n) is 6.19. The first-order valence-electron chi connectivity index (χ1n) is 7.92. The van der Waals surface area contributed by atoms with E-state index in [1.807, 2.05) is 0 Å². The number of aromatic nitrogens is 3. The van der Waals surface area contributed by atoms with Crippen molar-refractivity contribution in [3.8, 4) is 17.0 Å². The van der Waals surface area contributed by atoms with Crippen LogP contribution < -0.4 is 0 Å². The van der Waals surface area contributed by atoms with Gasteiger partial charge in [-0.3, -0.25) is 9.67 Å². The van der Waals surface area contributed by atoms with Crippen LogP contribution in [0.15, 0.2) is 24.5 Å².